The van der Waals surface area contributed by atoms with E-state index in [0.717, 1.165) is 11.3 Å². The molecule has 74 valence electrons. The largest absolute Gasteiger partial charge is 0.357 e. The lowest BCUT2D eigenvalue weighted by atomic mass is 10.1. The first-order chi connectivity index (χ1) is 6.59. The average molecular weight is 189 g/mol. The molecule has 1 aromatic carbocycles. The summed E-state index contributed by atoms with van der Waals surface area (Å²) in [6.07, 6.45) is 0. The SMILES string of the molecule is C=C(ON=C(C)C)c1ccc(C)cc1. The summed E-state index contributed by atoms with van der Waals surface area (Å²) in [6.45, 7) is 9.60. The molecule has 0 aliphatic rings. The van der Waals surface area contributed by atoms with Crippen molar-refractivity contribution in [3.8, 4) is 0 Å². The van der Waals surface area contributed by atoms with Crippen molar-refractivity contribution in [1.82, 2.24) is 0 Å². The third kappa shape index (κ3) is 3.05. The number of hydrogen-bond acceptors (Lipinski definition) is 2. The third-order valence-electron chi connectivity index (χ3n) is 1.71. The van der Waals surface area contributed by atoms with Crippen molar-refractivity contribution in [2.24, 2.45) is 5.16 Å². The van der Waals surface area contributed by atoms with E-state index in [-0.39, 0.29) is 0 Å². The van der Waals surface area contributed by atoms with Crippen LogP contribution >= 0.6 is 0 Å². The minimum atomic E-state index is 0.575. The van der Waals surface area contributed by atoms with E-state index < -0.39 is 0 Å². The fraction of sp³-hybridized carbons (Fsp3) is 0.250. The van der Waals surface area contributed by atoms with E-state index in [1.807, 2.05) is 45.0 Å². The molecule has 1 aromatic rings. The number of benzene rings is 1. The minimum absolute atomic E-state index is 0.575. The standard InChI is InChI=1S/C12H15NO/c1-9(2)13-14-11(4)12-7-5-10(3)6-8-12/h5-8H,4H2,1-3H3. The van der Waals surface area contributed by atoms with Crippen LogP contribution in [0.1, 0.15) is 25.0 Å². The van der Waals surface area contributed by atoms with Gasteiger partial charge in [0.15, 0.2) is 5.76 Å². The third-order valence-corrected chi connectivity index (χ3v) is 1.71. The first kappa shape index (κ1) is 10.5. The molecule has 0 bridgehead atoms. The maximum absolute atomic E-state index is 5.12. The second kappa shape index (κ2) is 4.61. The first-order valence-corrected chi connectivity index (χ1v) is 4.54. The molecular weight excluding hydrogens is 174 g/mol. The van der Waals surface area contributed by atoms with Crippen LogP contribution in [0.5, 0.6) is 0 Å². The normalized spacial score (nSPS) is 9.36. The molecule has 0 unspecified atom stereocenters. The molecule has 0 amide bonds. The molecule has 2 nitrogen and oxygen atoms in total. The molecule has 0 radical (unpaired) electrons. The molecule has 0 aliphatic heterocycles. The van der Waals surface area contributed by atoms with Crippen molar-refractivity contribution in [3.05, 3.63) is 42.0 Å². The van der Waals surface area contributed by atoms with Gasteiger partial charge in [0, 0.05) is 5.56 Å². The van der Waals surface area contributed by atoms with Crippen LogP contribution in [0.2, 0.25) is 0 Å². The molecule has 1 rings (SSSR count). The molecule has 2 heteroatoms. The summed E-state index contributed by atoms with van der Waals surface area (Å²) in [7, 11) is 0. The summed E-state index contributed by atoms with van der Waals surface area (Å²) >= 11 is 0. The van der Waals surface area contributed by atoms with Gasteiger partial charge >= 0.3 is 0 Å². The smallest absolute Gasteiger partial charge is 0.158 e. The Balaban J connectivity index is 2.70. The summed E-state index contributed by atoms with van der Waals surface area (Å²) in [6, 6.07) is 7.98. The molecule has 0 saturated heterocycles. The van der Waals surface area contributed by atoms with E-state index in [9.17, 15) is 0 Å². The van der Waals surface area contributed by atoms with E-state index in [2.05, 4.69) is 11.7 Å². The van der Waals surface area contributed by atoms with Gasteiger partial charge in [-0.25, -0.2) is 0 Å². The van der Waals surface area contributed by atoms with Gasteiger partial charge in [-0.2, -0.15) is 0 Å². The Morgan fingerprint density at radius 2 is 1.79 bits per heavy atom. The van der Waals surface area contributed by atoms with Gasteiger partial charge in [0.1, 0.15) is 0 Å². The number of oxime groups is 1. The second-order valence-corrected chi connectivity index (χ2v) is 3.42. The van der Waals surface area contributed by atoms with Gasteiger partial charge in [-0.05, 0) is 20.8 Å². The monoisotopic (exact) mass is 189 g/mol. The van der Waals surface area contributed by atoms with Crippen molar-refractivity contribution in [2.75, 3.05) is 0 Å². The van der Waals surface area contributed by atoms with E-state index in [0.29, 0.717) is 5.76 Å². The van der Waals surface area contributed by atoms with Crippen molar-refractivity contribution in [1.29, 1.82) is 0 Å². The minimum Gasteiger partial charge on any atom is -0.357 e. The molecule has 0 aromatic heterocycles. The summed E-state index contributed by atoms with van der Waals surface area (Å²) < 4.78 is 0. The van der Waals surface area contributed by atoms with Gasteiger partial charge in [0.25, 0.3) is 0 Å². The van der Waals surface area contributed by atoms with Gasteiger partial charge in [-0.1, -0.05) is 41.6 Å². The van der Waals surface area contributed by atoms with E-state index >= 15 is 0 Å². The predicted molar refractivity (Wildman–Crippen MR) is 60.1 cm³/mol. The Hall–Kier alpha value is -1.57. The number of nitrogens with zero attached hydrogens (tertiary/aromatic N) is 1. The van der Waals surface area contributed by atoms with Gasteiger partial charge in [0.2, 0.25) is 0 Å². The first-order valence-electron chi connectivity index (χ1n) is 4.54. The van der Waals surface area contributed by atoms with Crippen molar-refractivity contribution in [3.63, 3.8) is 0 Å². The molecule has 0 fully saturated rings. The second-order valence-electron chi connectivity index (χ2n) is 3.42. The van der Waals surface area contributed by atoms with Gasteiger partial charge < -0.3 is 4.84 Å². The molecule has 0 N–H and O–H groups in total. The Bertz CT molecular complexity index is 345. The summed E-state index contributed by atoms with van der Waals surface area (Å²) in [4.78, 5) is 5.12. The van der Waals surface area contributed by atoms with Crippen LogP contribution in [0.4, 0.5) is 0 Å². The molecule has 0 heterocycles. The highest BCUT2D eigenvalue weighted by molar-refractivity contribution is 5.78. The van der Waals surface area contributed by atoms with Crippen molar-refractivity contribution >= 4 is 11.5 Å². The fourth-order valence-electron chi connectivity index (χ4n) is 0.939. The number of aryl methyl sites for hydroxylation is 1. The Kier molecular flexibility index (Phi) is 3.46. The topological polar surface area (TPSA) is 21.6 Å². The lowest BCUT2D eigenvalue weighted by molar-refractivity contribution is 0.298. The van der Waals surface area contributed by atoms with Crippen LogP contribution in [0.15, 0.2) is 36.0 Å². The zero-order valence-corrected chi connectivity index (χ0v) is 8.87. The molecule has 14 heavy (non-hydrogen) atoms. The number of hydrogen-bond donors (Lipinski definition) is 0. The fourth-order valence-corrected chi connectivity index (χ4v) is 0.939. The average Bonchev–Trinajstić information content (AvgIpc) is 2.15. The molecule has 0 spiro atoms. The Morgan fingerprint density at radius 3 is 2.29 bits per heavy atom. The zero-order valence-electron chi connectivity index (χ0n) is 8.87. The van der Waals surface area contributed by atoms with Crippen LogP contribution in [-0.4, -0.2) is 5.71 Å². The summed E-state index contributed by atoms with van der Waals surface area (Å²) in [5.74, 6) is 0.575. The van der Waals surface area contributed by atoms with Crippen molar-refractivity contribution in [2.45, 2.75) is 20.8 Å². The van der Waals surface area contributed by atoms with E-state index in [4.69, 9.17) is 4.84 Å². The summed E-state index contributed by atoms with van der Waals surface area (Å²) in [5.41, 5.74) is 3.05. The van der Waals surface area contributed by atoms with Gasteiger partial charge in [0.05, 0.1) is 5.71 Å². The van der Waals surface area contributed by atoms with Gasteiger partial charge in [-0.15, -0.1) is 0 Å². The Morgan fingerprint density at radius 1 is 1.21 bits per heavy atom. The quantitative estimate of drug-likeness (QED) is 0.406. The van der Waals surface area contributed by atoms with E-state index in [1.54, 1.807) is 0 Å². The predicted octanol–water partition coefficient (Wildman–Crippen LogP) is 3.38. The Labute approximate surface area is 84.9 Å². The molecule has 0 atom stereocenters. The maximum atomic E-state index is 5.12. The lowest BCUT2D eigenvalue weighted by Gasteiger charge is -2.03. The highest BCUT2D eigenvalue weighted by Gasteiger charge is 1.98. The lowest BCUT2D eigenvalue weighted by Crippen LogP contribution is -1.88. The summed E-state index contributed by atoms with van der Waals surface area (Å²) in [5, 5.41) is 3.84. The molecular formula is C12H15NO. The van der Waals surface area contributed by atoms with Crippen molar-refractivity contribution < 1.29 is 4.84 Å². The molecule has 0 aliphatic carbocycles. The van der Waals surface area contributed by atoms with Crippen LogP contribution in [-0.2, 0) is 4.84 Å². The van der Waals surface area contributed by atoms with E-state index in [1.165, 1.54) is 5.56 Å². The van der Waals surface area contributed by atoms with Crippen LogP contribution in [0.3, 0.4) is 0 Å². The van der Waals surface area contributed by atoms with Crippen LogP contribution in [0, 0.1) is 6.92 Å². The van der Waals surface area contributed by atoms with Crippen LogP contribution in [0.25, 0.3) is 5.76 Å². The number of rotatable bonds is 3. The highest BCUT2D eigenvalue weighted by Crippen LogP contribution is 2.14. The highest BCUT2D eigenvalue weighted by atomic mass is 16.6. The van der Waals surface area contributed by atoms with Gasteiger partial charge in [-0.3, -0.25) is 0 Å². The zero-order chi connectivity index (χ0) is 10.6. The molecule has 0 saturated carbocycles. The van der Waals surface area contributed by atoms with Crippen LogP contribution < -0.4 is 0 Å². The maximum Gasteiger partial charge on any atom is 0.158 e.